The number of ether oxygens (including phenoxy) is 2. The van der Waals surface area contributed by atoms with E-state index in [1.807, 2.05) is 75.4 Å². The first-order chi connectivity index (χ1) is 21.3. The van der Waals surface area contributed by atoms with Crippen LogP contribution in [-0.4, -0.2) is 16.3 Å². The molecule has 0 spiro atoms. The molecule has 0 N–H and O–H groups in total. The number of hydrogen-bond acceptors (Lipinski definition) is 3. The number of carbonyl (C=O) groups excluding carboxylic acids is 1. The minimum Gasteiger partial charge on any atom is -0.473 e. The zero-order valence-electron chi connectivity index (χ0n) is 24.9. The van der Waals surface area contributed by atoms with Crippen molar-refractivity contribution in [3.63, 3.8) is 0 Å². The molecule has 0 bridgehead atoms. The number of rotatable bonds is 2. The molecular weight excluding hydrogens is 542 g/mol. The van der Waals surface area contributed by atoms with Crippen LogP contribution in [-0.2, 0) is 10.3 Å². The molecule has 0 unspecified atom stereocenters. The lowest BCUT2D eigenvalue weighted by atomic mass is 9.83. The van der Waals surface area contributed by atoms with Gasteiger partial charge in [0.25, 0.3) is 0 Å². The molecule has 44 heavy (non-hydrogen) atoms. The molecule has 6 aromatic carbocycles. The second kappa shape index (κ2) is 9.58. The summed E-state index contributed by atoms with van der Waals surface area (Å²) in [5, 5.41) is 6.49. The van der Waals surface area contributed by atoms with E-state index in [4.69, 9.17) is 9.47 Å². The van der Waals surface area contributed by atoms with Gasteiger partial charge in [-0.05, 0) is 72.7 Å². The first-order valence-electron chi connectivity index (χ1n) is 15.0. The summed E-state index contributed by atoms with van der Waals surface area (Å²) in [6.45, 7) is 5.69. The van der Waals surface area contributed by atoms with Gasteiger partial charge in [0.2, 0.25) is 0 Å². The van der Waals surface area contributed by atoms with Gasteiger partial charge in [0, 0.05) is 27.5 Å². The summed E-state index contributed by atoms with van der Waals surface area (Å²) < 4.78 is 14.8. The second-order valence-electron chi connectivity index (χ2n) is 12.4. The highest BCUT2D eigenvalue weighted by molar-refractivity contribution is 6.30. The molecule has 1 aromatic heterocycles. The molecule has 4 heteroatoms. The number of hydrogen-bond donors (Lipinski definition) is 0. The molecular formula is C40H31NO3. The van der Waals surface area contributed by atoms with Gasteiger partial charge in [-0.15, -0.1) is 0 Å². The largest absolute Gasteiger partial charge is 0.473 e. The summed E-state index contributed by atoms with van der Waals surface area (Å²) in [5.74, 6) is 0.758. The zero-order chi connectivity index (χ0) is 30.1. The van der Waals surface area contributed by atoms with Crippen LogP contribution in [0.3, 0.4) is 0 Å². The molecule has 0 fully saturated rings. The van der Waals surface area contributed by atoms with Crippen molar-refractivity contribution >= 4 is 55.5 Å². The summed E-state index contributed by atoms with van der Waals surface area (Å²) in [6, 6.07) is 41.5. The van der Waals surface area contributed by atoms with Crippen molar-refractivity contribution in [2.24, 2.45) is 0 Å². The van der Waals surface area contributed by atoms with Crippen molar-refractivity contribution in [2.75, 3.05) is 0 Å². The topological polar surface area (TPSA) is 40.5 Å². The van der Waals surface area contributed by atoms with E-state index in [9.17, 15) is 4.79 Å². The van der Waals surface area contributed by atoms with Crippen molar-refractivity contribution < 1.29 is 14.3 Å². The van der Waals surface area contributed by atoms with Gasteiger partial charge in [0.1, 0.15) is 11.4 Å². The summed E-state index contributed by atoms with van der Waals surface area (Å²) in [7, 11) is 0. The Morgan fingerprint density at radius 2 is 1.25 bits per heavy atom. The van der Waals surface area contributed by atoms with Gasteiger partial charge in [-0.25, -0.2) is 9.36 Å². The third-order valence-corrected chi connectivity index (χ3v) is 8.54. The van der Waals surface area contributed by atoms with Crippen LogP contribution in [0.5, 0.6) is 5.75 Å². The smallest absolute Gasteiger partial charge is 0.419 e. The quantitative estimate of drug-likeness (QED) is 0.193. The predicted octanol–water partition coefficient (Wildman–Crippen LogP) is 10.2. The van der Waals surface area contributed by atoms with E-state index in [0.29, 0.717) is 0 Å². The molecule has 0 saturated carbocycles. The van der Waals surface area contributed by atoms with Crippen LogP contribution in [0.15, 0.2) is 127 Å². The number of benzene rings is 6. The van der Waals surface area contributed by atoms with E-state index in [1.165, 1.54) is 0 Å². The van der Waals surface area contributed by atoms with E-state index < -0.39 is 17.3 Å². The maximum absolute atomic E-state index is 13.9. The Kier molecular flexibility index (Phi) is 5.73. The van der Waals surface area contributed by atoms with E-state index in [2.05, 4.69) is 78.9 Å². The van der Waals surface area contributed by atoms with Gasteiger partial charge in [-0.1, -0.05) is 103 Å². The van der Waals surface area contributed by atoms with Crippen LogP contribution in [0, 0.1) is 0 Å². The molecule has 0 amide bonds. The highest BCUT2D eigenvalue weighted by Gasteiger charge is 2.38. The molecule has 0 radical (unpaired) electrons. The molecule has 1 aliphatic rings. The number of carbonyl (C=O) groups is 1. The fourth-order valence-electron chi connectivity index (χ4n) is 6.71. The van der Waals surface area contributed by atoms with Gasteiger partial charge in [0.05, 0.1) is 11.0 Å². The fourth-order valence-corrected chi connectivity index (χ4v) is 6.71. The third-order valence-electron chi connectivity index (χ3n) is 8.54. The number of fused-ring (bicyclic) bond motifs is 9. The minimum absolute atomic E-state index is 0.402. The van der Waals surface area contributed by atoms with E-state index in [-0.39, 0.29) is 0 Å². The Morgan fingerprint density at radius 1 is 0.659 bits per heavy atom. The summed E-state index contributed by atoms with van der Waals surface area (Å²) in [6.07, 6.45) is 3.92. The van der Waals surface area contributed by atoms with Crippen molar-refractivity contribution in [3.8, 4) is 5.75 Å². The van der Waals surface area contributed by atoms with Gasteiger partial charge in [-0.3, -0.25) is 0 Å². The minimum atomic E-state index is -0.804. The fraction of sp³-hybridized carbons (Fsp3) is 0.125. The Morgan fingerprint density at radius 3 is 1.95 bits per heavy atom. The number of nitrogens with zero attached hydrogens (tertiary/aromatic N) is 1. The summed E-state index contributed by atoms with van der Waals surface area (Å²) >= 11 is 0. The van der Waals surface area contributed by atoms with Crippen molar-refractivity contribution in [2.45, 2.75) is 32.0 Å². The van der Waals surface area contributed by atoms with Crippen molar-refractivity contribution in [1.29, 1.82) is 0 Å². The van der Waals surface area contributed by atoms with Crippen LogP contribution < -0.4 is 4.74 Å². The second-order valence-corrected chi connectivity index (χ2v) is 12.4. The predicted molar refractivity (Wildman–Crippen MR) is 179 cm³/mol. The molecule has 7 aromatic rings. The van der Waals surface area contributed by atoms with Crippen LogP contribution in [0.4, 0.5) is 4.79 Å². The van der Waals surface area contributed by atoms with Crippen LogP contribution in [0.25, 0.3) is 49.4 Å². The Labute approximate surface area is 255 Å². The molecule has 1 aliphatic heterocycles. The SMILES string of the molecule is CC(C)(C)OC(=O)n1c2ccc3c(c2c2c4c(ccc5ccccc54)ccc21)C=CC(c1ccccc1)(c1ccccc1)O3. The first-order valence-corrected chi connectivity index (χ1v) is 15.0. The Bertz CT molecular complexity index is 2230. The maximum Gasteiger partial charge on any atom is 0.419 e. The van der Waals surface area contributed by atoms with E-state index >= 15 is 0 Å². The lowest BCUT2D eigenvalue weighted by molar-refractivity contribution is 0.0551. The summed E-state index contributed by atoms with van der Waals surface area (Å²) in [5.41, 5.74) is 3.17. The Balaban J connectivity index is 1.48. The lowest BCUT2D eigenvalue weighted by Gasteiger charge is -2.36. The molecule has 0 aliphatic carbocycles. The number of aromatic nitrogens is 1. The van der Waals surface area contributed by atoms with Crippen LogP contribution in [0.2, 0.25) is 0 Å². The van der Waals surface area contributed by atoms with Gasteiger partial charge in [-0.2, -0.15) is 0 Å². The lowest BCUT2D eigenvalue weighted by Crippen LogP contribution is -2.34. The highest BCUT2D eigenvalue weighted by Crippen LogP contribution is 2.48. The van der Waals surface area contributed by atoms with Gasteiger partial charge >= 0.3 is 6.09 Å². The monoisotopic (exact) mass is 573 g/mol. The molecule has 2 heterocycles. The zero-order valence-corrected chi connectivity index (χ0v) is 24.9. The molecule has 8 rings (SSSR count). The van der Waals surface area contributed by atoms with Crippen molar-refractivity contribution in [3.05, 3.63) is 144 Å². The summed E-state index contributed by atoms with van der Waals surface area (Å²) in [4.78, 5) is 13.9. The normalized spacial score (nSPS) is 14.2. The molecule has 4 nitrogen and oxygen atoms in total. The first kappa shape index (κ1) is 26.3. The van der Waals surface area contributed by atoms with Crippen LogP contribution in [0.1, 0.15) is 37.5 Å². The average molecular weight is 574 g/mol. The molecule has 214 valence electrons. The van der Waals surface area contributed by atoms with Gasteiger partial charge in [0.15, 0.2) is 5.60 Å². The van der Waals surface area contributed by atoms with Crippen molar-refractivity contribution in [1.82, 2.24) is 4.57 Å². The third kappa shape index (κ3) is 3.95. The van der Waals surface area contributed by atoms with E-state index in [1.54, 1.807) is 4.57 Å². The average Bonchev–Trinajstić information content (AvgIpc) is 3.39. The molecule has 0 atom stereocenters. The standard InChI is InChI=1S/C40H31NO3/c1-39(2,3)44-38(42)41-32-22-23-34-31(24-25-40(43-34,28-13-6-4-7-14-28)29-15-8-5-9-16-29)36(32)37-33(41)21-20-27-19-18-26-12-10-11-17-30(26)35(27)37/h4-25H,1-3H3. The molecule has 0 saturated heterocycles. The van der Waals surface area contributed by atoms with E-state index in [0.717, 1.165) is 65.8 Å². The Hall–Kier alpha value is -5.35. The van der Waals surface area contributed by atoms with Gasteiger partial charge < -0.3 is 9.47 Å². The van der Waals surface area contributed by atoms with Crippen LogP contribution >= 0.6 is 0 Å². The highest BCUT2D eigenvalue weighted by atomic mass is 16.6. The maximum atomic E-state index is 13.9.